The number of hydrogen-bond donors (Lipinski definition) is 0. The summed E-state index contributed by atoms with van der Waals surface area (Å²) >= 11 is 0. The Balaban J connectivity index is 1.40. The fraction of sp³-hybridized carbons (Fsp3) is 0.765. The first kappa shape index (κ1) is 16.1. The predicted octanol–water partition coefficient (Wildman–Crippen LogP) is 0.792. The van der Waals surface area contributed by atoms with Crippen LogP contribution in [0, 0.1) is 18.8 Å². The van der Waals surface area contributed by atoms with Gasteiger partial charge in [-0.1, -0.05) is 5.16 Å². The molecule has 0 radical (unpaired) electrons. The Hall–Kier alpha value is -1.44. The minimum absolute atomic E-state index is 0.0256. The molecule has 7 heteroatoms. The highest BCUT2D eigenvalue weighted by Gasteiger charge is 2.43. The number of aryl methyl sites for hydroxylation is 1. The normalized spacial score (nSPS) is 31.2. The molecule has 1 aromatic heterocycles. The molecule has 0 bridgehead atoms. The molecule has 4 rings (SSSR count). The van der Waals surface area contributed by atoms with Crippen LogP contribution in [-0.4, -0.2) is 79.5 Å². The van der Waals surface area contributed by atoms with Crippen molar-refractivity contribution in [1.82, 2.24) is 15.0 Å². The first-order valence-electron chi connectivity index (χ1n) is 8.85. The number of carbonyl (C=O) groups excluding carboxylic acids is 1. The van der Waals surface area contributed by atoms with Crippen LogP contribution in [0.1, 0.15) is 22.7 Å². The fourth-order valence-electron chi connectivity index (χ4n) is 4.07. The molecule has 0 aromatic carbocycles. The van der Waals surface area contributed by atoms with Crippen molar-refractivity contribution in [3.05, 3.63) is 17.5 Å². The molecule has 3 aliphatic rings. The van der Waals surface area contributed by atoms with Gasteiger partial charge in [-0.05, 0) is 19.3 Å². The zero-order chi connectivity index (χ0) is 16.5. The van der Waals surface area contributed by atoms with Crippen LogP contribution in [0.2, 0.25) is 0 Å². The maximum Gasteiger partial charge on any atom is 0.276 e. The number of nitrogens with zero attached hydrogens (tertiary/aromatic N) is 3. The molecule has 4 heterocycles. The molecule has 132 valence electrons. The van der Waals surface area contributed by atoms with Gasteiger partial charge in [0.05, 0.1) is 25.9 Å². The second kappa shape index (κ2) is 6.82. The number of ether oxygens (including phenoxy) is 2. The Morgan fingerprint density at radius 2 is 2.17 bits per heavy atom. The van der Waals surface area contributed by atoms with Crippen LogP contribution in [0.4, 0.5) is 0 Å². The number of likely N-dealkylation sites (tertiary alicyclic amines) is 1. The molecule has 0 unspecified atom stereocenters. The summed E-state index contributed by atoms with van der Waals surface area (Å²) in [6.45, 7) is 8.65. The summed E-state index contributed by atoms with van der Waals surface area (Å²) < 4.78 is 16.5. The van der Waals surface area contributed by atoms with Gasteiger partial charge in [-0.25, -0.2) is 0 Å². The fourth-order valence-corrected chi connectivity index (χ4v) is 4.07. The van der Waals surface area contributed by atoms with Crippen LogP contribution < -0.4 is 0 Å². The molecule has 0 saturated carbocycles. The van der Waals surface area contributed by atoms with E-state index in [0.717, 1.165) is 59.0 Å². The Labute approximate surface area is 141 Å². The molecule has 0 spiro atoms. The summed E-state index contributed by atoms with van der Waals surface area (Å²) in [4.78, 5) is 17.0. The Kier molecular flexibility index (Phi) is 4.56. The summed E-state index contributed by atoms with van der Waals surface area (Å²) in [6.07, 6.45) is 1.22. The smallest absolute Gasteiger partial charge is 0.276 e. The molecule has 3 fully saturated rings. The van der Waals surface area contributed by atoms with Crippen molar-refractivity contribution in [3.63, 3.8) is 0 Å². The molecular weight excluding hydrogens is 310 g/mol. The van der Waals surface area contributed by atoms with Gasteiger partial charge in [-0.2, -0.15) is 0 Å². The molecule has 3 atom stereocenters. The van der Waals surface area contributed by atoms with Gasteiger partial charge in [-0.3, -0.25) is 9.69 Å². The maximum atomic E-state index is 12.6. The van der Waals surface area contributed by atoms with Crippen molar-refractivity contribution < 1.29 is 18.8 Å². The number of piperidine rings is 1. The van der Waals surface area contributed by atoms with Gasteiger partial charge in [-0.15, -0.1) is 0 Å². The summed E-state index contributed by atoms with van der Waals surface area (Å²) in [5.74, 6) is 1.63. The molecule has 24 heavy (non-hydrogen) atoms. The van der Waals surface area contributed by atoms with E-state index in [4.69, 9.17) is 14.0 Å². The minimum Gasteiger partial charge on any atom is -0.379 e. The van der Waals surface area contributed by atoms with E-state index < -0.39 is 0 Å². The number of morpholine rings is 1. The number of carbonyl (C=O) groups is 1. The zero-order valence-corrected chi connectivity index (χ0v) is 14.1. The largest absolute Gasteiger partial charge is 0.379 e. The molecule has 0 N–H and O–H groups in total. The molecule has 1 amide bonds. The van der Waals surface area contributed by atoms with Gasteiger partial charge in [0.25, 0.3) is 5.91 Å². The SMILES string of the molecule is Cc1cc(C(=O)N2CC[C@H]3CO[C@H](CN4CCOCC4)[C@H]3C2)no1. The van der Waals surface area contributed by atoms with Crippen LogP contribution in [0.3, 0.4) is 0 Å². The van der Waals surface area contributed by atoms with Gasteiger partial charge in [0.15, 0.2) is 5.69 Å². The third kappa shape index (κ3) is 3.20. The van der Waals surface area contributed by atoms with Crippen molar-refractivity contribution in [2.24, 2.45) is 11.8 Å². The predicted molar refractivity (Wildman–Crippen MR) is 85.7 cm³/mol. The number of amides is 1. The van der Waals surface area contributed by atoms with E-state index in [0.29, 0.717) is 23.3 Å². The second-order valence-corrected chi connectivity index (χ2v) is 7.07. The van der Waals surface area contributed by atoms with Crippen LogP contribution in [0.25, 0.3) is 0 Å². The van der Waals surface area contributed by atoms with E-state index >= 15 is 0 Å². The Morgan fingerprint density at radius 3 is 2.92 bits per heavy atom. The highest BCUT2D eigenvalue weighted by molar-refractivity contribution is 5.92. The van der Waals surface area contributed by atoms with Crippen molar-refractivity contribution in [2.45, 2.75) is 19.4 Å². The Bertz CT molecular complexity index is 584. The second-order valence-electron chi connectivity index (χ2n) is 7.07. The van der Waals surface area contributed by atoms with E-state index in [-0.39, 0.29) is 12.0 Å². The lowest BCUT2D eigenvalue weighted by Crippen LogP contribution is -2.48. The van der Waals surface area contributed by atoms with Gasteiger partial charge in [0.2, 0.25) is 0 Å². The Morgan fingerprint density at radius 1 is 1.33 bits per heavy atom. The lowest BCUT2D eigenvalue weighted by molar-refractivity contribution is -0.00407. The van der Waals surface area contributed by atoms with Gasteiger partial charge < -0.3 is 18.9 Å². The number of hydrogen-bond acceptors (Lipinski definition) is 6. The third-order valence-electron chi connectivity index (χ3n) is 5.48. The average molecular weight is 335 g/mol. The first-order chi connectivity index (χ1) is 11.7. The van der Waals surface area contributed by atoms with Crippen molar-refractivity contribution in [2.75, 3.05) is 52.5 Å². The van der Waals surface area contributed by atoms with Gasteiger partial charge in [0.1, 0.15) is 5.76 Å². The van der Waals surface area contributed by atoms with Crippen LogP contribution in [0.5, 0.6) is 0 Å². The molecule has 3 aliphatic heterocycles. The molecule has 1 aromatic rings. The third-order valence-corrected chi connectivity index (χ3v) is 5.48. The highest BCUT2D eigenvalue weighted by Crippen LogP contribution is 2.35. The minimum atomic E-state index is -0.0256. The van der Waals surface area contributed by atoms with E-state index in [2.05, 4.69) is 10.1 Å². The summed E-state index contributed by atoms with van der Waals surface area (Å²) in [6, 6.07) is 1.71. The van der Waals surface area contributed by atoms with E-state index in [9.17, 15) is 4.79 Å². The zero-order valence-electron chi connectivity index (χ0n) is 14.1. The summed E-state index contributed by atoms with van der Waals surface area (Å²) in [5.41, 5.74) is 0.412. The van der Waals surface area contributed by atoms with Crippen molar-refractivity contribution in [1.29, 1.82) is 0 Å². The van der Waals surface area contributed by atoms with Crippen LogP contribution in [0.15, 0.2) is 10.6 Å². The van der Waals surface area contributed by atoms with Crippen LogP contribution >= 0.6 is 0 Å². The summed E-state index contributed by atoms with van der Waals surface area (Å²) in [7, 11) is 0. The number of aromatic nitrogens is 1. The molecule has 7 nitrogen and oxygen atoms in total. The van der Waals surface area contributed by atoms with Crippen molar-refractivity contribution in [3.8, 4) is 0 Å². The molecule has 0 aliphatic carbocycles. The first-order valence-corrected chi connectivity index (χ1v) is 8.85. The number of fused-ring (bicyclic) bond motifs is 1. The van der Waals surface area contributed by atoms with Gasteiger partial charge in [0, 0.05) is 44.7 Å². The molecule has 3 saturated heterocycles. The maximum absolute atomic E-state index is 12.6. The standard InChI is InChI=1S/C17H25N3O4/c1-12-8-15(18-24-12)17(21)20-3-2-13-11-23-16(14(13)9-20)10-19-4-6-22-7-5-19/h8,13-14,16H,2-7,9-11H2,1H3/t13-,14-,16+/m0/s1. The molecular formula is C17H25N3O4. The lowest BCUT2D eigenvalue weighted by atomic mass is 9.84. The van der Waals surface area contributed by atoms with E-state index in [1.54, 1.807) is 13.0 Å². The topological polar surface area (TPSA) is 68.0 Å². The summed E-state index contributed by atoms with van der Waals surface area (Å²) in [5, 5.41) is 3.87. The van der Waals surface area contributed by atoms with Gasteiger partial charge >= 0.3 is 0 Å². The highest BCUT2D eigenvalue weighted by atomic mass is 16.5. The number of rotatable bonds is 3. The monoisotopic (exact) mass is 335 g/mol. The van der Waals surface area contributed by atoms with Crippen molar-refractivity contribution >= 4 is 5.91 Å². The van der Waals surface area contributed by atoms with E-state index in [1.165, 1.54) is 0 Å². The average Bonchev–Trinajstić information content (AvgIpc) is 3.21. The van der Waals surface area contributed by atoms with E-state index in [1.807, 2.05) is 4.90 Å². The van der Waals surface area contributed by atoms with Crippen LogP contribution in [-0.2, 0) is 9.47 Å². The lowest BCUT2D eigenvalue weighted by Gasteiger charge is -2.37. The quantitative estimate of drug-likeness (QED) is 0.814.